The van der Waals surface area contributed by atoms with Gasteiger partial charge in [-0.2, -0.15) is 5.26 Å². The van der Waals surface area contributed by atoms with Gasteiger partial charge in [0, 0.05) is 21.6 Å². The molecule has 2 aromatic rings. The molecule has 92 valence electrons. The van der Waals surface area contributed by atoms with Crippen molar-refractivity contribution >= 4 is 44.6 Å². The van der Waals surface area contributed by atoms with E-state index in [1.807, 2.05) is 24.3 Å². The summed E-state index contributed by atoms with van der Waals surface area (Å²) in [6.07, 6.45) is 0.934. The highest BCUT2D eigenvalue weighted by Gasteiger charge is 2.02. The summed E-state index contributed by atoms with van der Waals surface area (Å²) in [5.74, 6) is 0. The molecule has 0 fully saturated rings. The molecule has 0 aliphatic carbocycles. The molecule has 1 heterocycles. The van der Waals surface area contributed by atoms with E-state index in [2.05, 4.69) is 27.3 Å². The lowest BCUT2D eigenvalue weighted by Crippen LogP contribution is -2.04. The first kappa shape index (κ1) is 13.4. The zero-order chi connectivity index (χ0) is 13.0. The van der Waals surface area contributed by atoms with Crippen LogP contribution in [0.2, 0.25) is 4.34 Å². The Morgan fingerprint density at radius 1 is 1.33 bits per heavy atom. The molecule has 1 aromatic carbocycles. The molecule has 2 nitrogen and oxygen atoms in total. The molecule has 0 radical (unpaired) electrons. The topological polar surface area (TPSA) is 35.8 Å². The van der Waals surface area contributed by atoms with Gasteiger partial charge in [0.1, 0.15) is 0 Å². The van der Waals surface area contributed by atoms with E-state index in [9.17, 15) is 0 Å². The smallest absolute Gasteiger partial charge is 0.0992 e. The first-order valence-electron chi connectivity index (χ1n) is 5.37. The van der Waals surface area contributed by atoms with Crippen molar-refractivity contribution in [2.45, 2.75) is 6.42 Å². The van der Waals surface area contributed by atoms with Crippen LogP contribution in [-0.4, -0.2) is 6.54 Å². The third-order valence-electron chi connectivity index (χ3n) is 2.41. The molecular weight excluding hydrogens is 332 g/mol. The van der Waals surface area contributed by atoms with Crippen molar-refractivity contribution in [1.29, 1.82) is 5.26 Å². The number of hydrogen-bond donors (Lipinski definition) is 1. The molecule has 0 saturated heterocycles. The Hall–Kier alpha value is -1.02. The van der Waals surface area contributed by atoms with Crippen LogP contribution in [-0.2, 0) is 6.42 Å². The number of nitrogens with zero attached hydrogens (tertiary/aromatic N) is 1. The maximum absolute atomic E-state index is 8.78. The highest BCUT2D eigenvalue weighted by molar-refractivity contribution is 9.10. The van der Waals surface area contributed by atoms with Crippen molar-refractivity contribution in [2.75, 3.05) is 11.9 Å². The van der Waals surface area contributed by atoms with Crippen molar-refractivity contribution in [3.05, 3.63) is 49.6 Å². The Labute approximate surface area is 123 Å². The van der Waals surface area contributed by atoms with E-state index in [-0.39, 0.29) is 0 Å². The number of benzene rings is 1. The number of nitriles is 1. The van der Waals surface area contributed by atoms with Crippen molar-refractivity contribution in [2.24, 2.45) is 0 Å². The van der Waals surface area contributed by atoms with Gasteiger partial charge in [0.25, 0.3) is 0 Å². The molecule has 0 amide bonds. The van der Waals surface area contributed by atoms with Crippen LogP contribution in [0.5, 0.6) is 0 Å². The maximum atomic E-state index is 8.78. The monoisotopic (exact) mass is 340 g/mol. The SMILES string of the molecule is N#Cc1ccc(NCCc2ccc(Cl)s2)c(Br)c1. The summed E-state index contributed by atoms with van der Waals surface area (Å²) >= 11 is 10.9. The lowest BCUT2D eigenvalue weighted by molar-refractivity contribution is 1.04. The van der Waals surface area contributed by atoms with E-state index in [4.69, 9.17) is 16.9 Å². The van der Waals surface area contributed by atoms with Gasteiger partial charge in [0.05, 0.1) is 16.0 Å². The predicted octanol–water partition coefficient (Wildman–Crippen LogP) is 4.69. The standard InChI is InChI=1S/C13H10BrClN2S/c14-11-7-9(8-16)1-3-12(11)17-6-5-10-2-4-13(15)18-10/h1-4,7,17H,5-6H2. The summed E-state index contributed by atoms with van der Waals surface area (Å²) in [7, 11) is 0. The van der Waals surface area contributed by atoms with E-state index in [0.717, 1.165) is 27.5 Å². The fourth-order valence-corrected chi connectivity index (χ4v) is 3.14. The summed E-state index contributed by atoms with van der Waals surface area (Å²) in [5, 5.41) is 12.1. The minimum atomic E-state index is 0.650. The van der Waals surface area contributed by atoms with E-state index >= 15 is 0 Å². The molecule has 5 heteroatoms. The highest BCUT2D eigenvalue weighted by Crippen LogP contribution is 2.24. The molecule has 18 heavy (non-hydrogen) atoms. The van der Waals surface area contributed by atoms with Crippen LogP contribution in [0.15, 0.2) is 34.8 Å². The maximum Gasteiger partial charge on any atom is 0.0992 e. The summed E-state index contributed by atoms with van der Waals surface area (Å²) in [5.41, 5.74) is 1.65. The van der Waals surface area contributed by atoms with Crippen molar-refractivity contribution in [3.8, 4) is 6.07 Å². The Morgan fingerprint density at radius 3 is 2.78 bits per heavy atom. The molecule has 0 aliphatic heterocycles. The van der Waals surface area contributed by atoms with Crippen molar-refractivity contribution in [3.63, 3.8) is 0 Å². The number of halogens is 2. The van der Waals surface area contributed by atoms with Crippen molar-refractivity contribution < 1.29 is 0 Å². The molecule has 0 aliphatic rings. The average molecular weight is 342 g/mol. The third kappa shape index (κ3) is 3.49. The summed E-state index contributed by atoms with van der Waals surface area (Å²) in [6, 6.07) is 11.6. The minimum absolute atomic E-state index is 0.650. The molecule has 1 N–H and O–H groups in total. The van der Waals surface area contributed by atoms with Gasteiger partial charge in [-0.3, -0.25) is 0 Å². The zero-order valence-corrected chi connectivity index (χ0v) is 12.6. The Morgan fingerprint density at radius 2 is 2.17 bits per heavy atom. The van der Waals surface area contributed by atoms with Crippen LogP contribution in [0.25, 0.3) is 0 Å². The predicted molar refractivity (Wildman–Crippen MR) is 80.4 cm³/mol. The van der Waals surface area contributed by atoms with Crippen LogP contribution in [0.1, 0.15) is 10.4 Å². The summed E-state index contributed by atoms with van der Waals surface area (Å²) in [6.45, 7) is 0.835. The molecule has 0 atom stereocenters. The van der Waals surface area contributed by atoms with Gasteiger partial charge in [0.15, 0.2) is 0 Å². The first-order valence-corrected chi connectivity index (χ1v) is 7.35. The van der Waals surface area contributed by atoms with Gasteiger partial charge >= 0.3 is 0 Å². The van der Waals surface area contributed by atoms with Gasteiger partial charge in [-0.15, -0.1) is 11.3 Å². The lowest BCUT2D eigenvalue weighted by atomic mass is 10.2. The number of hydrogen-bond acceptors (Lipinski definition) is 3. The van der Waals surface area contributed by atoms with E-state index in [0.29, 0.717) is 5.56 Å². The average Bonchev–Trinajstić information content (AvgIpc) is 2.77. The van der Waals surface area contributed by atoms with Gasteiger partial charge < -0.3 is 5.32 Å². The second-order valence-corrected chi connectivity index (χ2v) is 6.34. The molecule has 0 spiro atoms. The quantitative estimate of drug-likeness (QED) is 0.875. The number of thiophene rings is 1. The Bertz CT molecular complexity index is 589. The van der Waals surface area contributed by atoms with E-state index < -0.39 is 0 Å². The number of anilines is 1. The highest BCUT2D eigenvalue weighted by atomic mass is 79.9. The first-order chi connectivity index (χ1) is 8.69. The van der Waals surface area contributed by atoms with Gasteiger partial charge in [-0.05, 0) is 52.7 Å². The van der Waals surface area contributed by atoms with Crippen LogP contribution < -0.4 is 5.32 Å². The second kappa shape index (κ2) is 6.24. The number of nitrogens with one attached hydrogen (secondary N) is 1. The fourth-order valence-electron chi connectivity index (χ4n) is 1.53. The van der Waals surface area contributed by atoms with E-state index in [1.165, 1.54) is 4.88 Å². The molecular formula is C13H10BrClN2S. The molecule has 1 aromatic heterocycles. The van der Waals surface area contributed by atoms with Gasteiger partial charge in [-0.1, -0.05) is 11.6 Å². The lowest BCUT2D eigenvalue weighted by Gasteiger charge is -2.07. The van der Waals surface area contributed by atoms with Crippen LogP contribution >= 0.6 is 38.9 Å². The molecule has 0 bridgehead atoms. The van der Waals surface area contributed by atoms with Gasteiger partial charge in [0.2, 0.25) is 0 Å². The van der Waals surface area contributed by atoms with Crippen LogP contribution in [0.3, 0.4) is 0 Å². The van der Waals surface area contributed by atoms with Crippen LogP contribution in [0.4, 0.5) is 5.69 Å². The Balaban J connectivity index is 1.92. The fraction of sp³-hybridized carbons (Fsp3) is 0.154. The van der Waals surface area contributed by atoms with Gasteiger partial charge in [-0.25, -0.2) is 0 Å². The third-order valence-corrected chi connectivity index (χ3v) is 4.36. The van der Waals surface area contributed by atoms with Crippen LogP contribution in [0, 0.1) is 11.3 Å². The van der Waals surface area contributed by atoms with E-state index in [1.54, 1.807) is 17.4 Å². The second-order valence-electron chi connectivity index (χ2n) is 3.69. The summed E-state index contributed by atoms with van der Waals surface area (Å²) in [4.78, 5) is 1.26. The molecule has 0 unspecified atom stereocenters. The normalized spacial score (nSPS) is 10.1. The Kier molecular flexibility index (Phi) is 4.65. The molecule has 0 saturated carbocycles. The largest absolute Gasteiger partial charge is 0.384 e. The van der Waals surface area contributed by atoms with Crippen molar-refractivity contribution in [1.82, 2.24) is 0 Å². The number of rotatable bonds is 4. The minimum Gasteiger partial charge on any atom is -0.384 e. The molecule has 2 rings (SSSR count). The zero-order valence-electron chi connectivity index (χ0n) is 9.41. The summed E-state index contributed by atoms with van der Waals surface area (Å²) < 4.78 is 1.73.